The van der Waals surface area contributed by atoms with Crippen molar-refractivity contribution < 1.29 is 52.0 Å². The molecule has 1 aromatic carbocycles. The summed E-state index contributed by atoms with van der Waals surface area (Å²) in [4.78, 5) is -0.489. The minimum absolute atomic E-state index is 0. The summed E-state index contributed by atoms with van der Waals surface area (Å²) in [5.74, 6) is -0.0708. The van der Waals surface area contributed by atoms with Crippen molar-refractivity contribution in [3.8, 4) is 5.75 Å². The Balaban J connectivity index is 0.00000256. The number of rotatable bonds is 4. The summed E-state index contributed by atoms with van der Waals surface area (Å²) in [5.41, 5.74) is 5.57. The van der Waals surface area contributed by atoms with Crippen molar-refractivity contribution in [1.29, 1.82) is 0 Å². The molecule has 0 fully saturated rings. The van der Waals surface area contributed by atoms with Gasteiger partial charge in [0.05, 0.1) is 4.90 Å². The van der Waals surface area contributed by atoms with Gasteiger partial charge in [-0.05, 0) is 25.1 Å². The number of hydrogen-bond acceptors (Lipinski definition) is 6. The topological polar surface area (TPSA) is 102 Å². The first-order chi connectivity index (χ1) is 7.34. The SMILES string of the molecule is COC(C)Oc1ccc(N)cc1S(=O)(=O)[O-].[Na+]. The van der Waals surface area contributed by atoms with Crippen LogP contribution >= 0.6 is 0 Å². The number of methoxy groups -OCH3 is 1. The molecule has 1 aromatic rings. The molecule has 0 aromatic heterocycles. The number of hydrogen-bond donors (Lipinski definition) is 1. The maximum Gasteiger partial charge on any atom is 1.00 e. The molecule has 6 nitrogen and oxygen atoms in total. The quantitative estimate of drug-likeness (QED) is 0.282. The van der Waals surface area contributed by atoms with Crippen molar-refractivity contribution in [2.75, 3.05) is 12.8 Å². The third kappa shape index (κ3) is 4.82. The standard InChI is InChI=1S/C9H13NO5S.Na/c1-6(14-2)15-8-4-3-7(10)5-9(8)16(11,12)13;/h3-6H,10H2,1-2H3,(H,11,12,13);/q;+1/p-1. The van der Waals surface area contributed by atoms with E-state index in [0.29, 0.717) is 0 Å². The van der Waals surface area contributed by atoms with Crippen molar-refractivity contribution in [1.82, 2.24) is 0 Å². The van der Waals surface area contributed by atoms with Gasteiger partial charge in [0.15, 0.2) is 6.29 Å². The first-order valence-corrected chi connectivity index (χ1v) is 5.80. The monoisotopic (exact) mass is 269 g/mol. The fourth-order valence-electron chi connectivity index (χ4n) is 1.04. The summed E-state index contributed by atoms with van der Waals surface area (Å²) in [5, 5.41) is 0. The summed E-state index contributed by atoms with van der Waals surface area (Å²) >= 11 is 0. The van der Waals surface area contributed by atoms with Gasteiger partial charge in [-0.1, -0.05) is 0 Å². The van der Waals surface area contributed by atoms with Crippen LogP contribution in [0.25, 0.3) is 0 Å². The van der Waals surface area contributed by atoms with Crippen LogP contribution in [0.5, 0.6) is 5.75 Å². The van der Waals surface area contributed by atoms with E-state index >= 15 is 0 Å². The molecular weight excluding hydrogens is 257 g/mol. The van der Waals surface area contributed by atoms with Crippen LogP contribution in [0.3, 0.4) is 0 Å². The number of anilines is 1. The molecule has 1 rings (SSSR count). The summed E-state index contributed by atoms with van der Waals surface area (Å²) in [7, 11) is -3.22. The smallest absolute Gasteiger partial charge is 0.744 e. The molecule has 2 N–H and O–H groups in total. The molecule has 17 heavy (non-hydrogen) atoms. The average Bonchev–Trinajstić information content (AvgIpc) is 2.19. The molecular formula is C9H12NNaO5S. The van der Waals surface area contributed by atoms with Crippen LogP contribution in [-0.2, 0) is 14.9 Å². The molecule has 0 heterocycles. The predicted molar refractivity (Wildman–Crippen MR) is 55.9 cm³/mol. The van der Waals surface area contributed by atoms with E-state index in [9.17, 15) is 13.0 Å². The fraction of sp³-hybridized carbons (Fsp3) is 0.333. The molecule has 0 saturated heterocycles. The number of nitrogen functional groups attached to an aromatic ring is 1. The van der Waals surface area contributed by atoms with E-state index in [-0.39, 0.29) is 41.0 Å². The Hall–Kier alpha value is -0.310. The normalized spacial score (nSPS) is 12.6. The van der Waals surface area contributed by atoms with Gasteiger partial charge < -0.3 is 19.8 Å². The van der Waals surface area contributed by atoms with E-state index in [1.54, 1.807) is 6.92 Å². The largest absolute Gasteiger partial charge is 1.00 e. The third-order valence-electron chi connectivity index (χ3n) is 1.86. The Morgan fingerprint density at radius 1 is 1.41 bits per heavy atom. The Morgan fingerprint density at radius 2 is 2.00 bits per heavy atom. The zero-order chi connectivity index (χ0) is 12.3. The molecule has 0 saturated carbocycles. The molecule has 0 radical (unpaired) electrons. The average molecular weight is 269 g/mol. The molecule has 8 heteroatoms. The summed E-state index contributed by atoms with van der Waals surface area (Å²) in [6.45, 7) is 1.57. The Labute approximate surface area is 122 Å². The Morgan fingerprint density at radius 3 is 2.47 bits per heavy atom. The van der Waals surface area contributed by atoms with E-state index < -0.39 is 21.3 Å². The van der Waals surface area contributed by atoms with Gasteiger partial charge in [0.1, 0.15) is 15.9 Å². The van der Waals surface area contributed by atoms with Gasteiger partial charge >= 0.3 is 29.6 Å². The van der Waals surface area contributed by atoms with E-state index in [1.807, 2.05) is 0 Å². The van der Waals surface area contributed by atoms with E-state index in [2.05, 4.69) is 0 Å². The fourth-order valence-corrected chi connectivity index (χ4v) is 1.69. The van der Waals surface area contributed by atoms with Crippen molar-refractivity contribution in [3.05, 3.63) is 18.2 Å². The second-order valence-electron chi connectivity index (χ2n) is 3.08. The summed E-state index contributed by atoms with van der Waals surface area (Å²) < 4.78 is 42.8. The summed E-state index contributed by atoms with van der Waals surface area (Å²) in [6.07, 6.45) is -0.663. The van der Waals surface area contributed by atoms with Crippen LogP contribution < -0.4 is 40.0 Å². The van der Waals surface area contributed by atoms with Crippen LogP contribution in [0, 0.1) is 0 Å². The minimum Gasteiger partial charge on any atom is -0.744 e. The van der Waals surface area contributed by atoms with Gasteiger partial charge in [0.2, 0.25) is 0 Å². The van der Waals surface area contributed by atoms with E-state index in [4.69, 9.17) is 15.2 Å². The van der Waals surface area contributed by atoms with Gasteiger partial charge in [-0.25, -0.2) is 8.42 Å². The van der Waals surface area contributed by atoms with Crippen molar-refractivity contribution in [2.45, 2.75) is 18.1 Å². The van der Waals surface area contributed by atoms with Crippen LogP contribution in [-0.4, -0.2) is 26.4 Å². The van der Waals surface area contributed by atoms with Crippen LogP contribution in [0.4, 0.5) is 5.69 Å². The van der Waals surface area contributed by atoms with E-state index in [0.717, 1.165) is 6.07 Å². The minimum atomic E-state index is -4.62. The molecule has 0 aliphatic heterocycles. The van der Waals surface area contributed by atoms with Crippen molar-refractivity contribution in [3.63, 3.8) is 0 Å². The van der Waals surface area contributed by atoms with Crippen molar-refractivity contribution in [2.24, 2.45) is 0 Å². The molecule has 0 bridgehead atoms. The first-order valence-electron chi connectivity index (χ1n) is 4.39. The van der Waals surface area contributed by atoms with Gasteiger partial charge in [-0.3, -0.25) is 0 Å². The van der Waals surface area contributed by atoms with Gasteiger partial charge in [0, 0.05) is 12.8 Å². The number of benzene rings is 1. The van der Waals surface area contributed by atoms with Crippen LogP contribution in [0.2, 0.25) is 0 Å². The van der Waals surface area contributed by atoms with Gasteiger partial charge in [-0.15, -0.1) is 0 Å². The Kier molecular flexibility index (Phi) is 6.46. The second-order valence-corrected chi connectivity index (χ2v) is 4.43. The molecule has 90 valence electrons. The number of nitrogens with two attached hydrogens (primary N) is 1. The van der Waals surface area contributed by atoms with Crippen LogP contribution in [0.15, 0.2) is 23.1 Å². The molecule has 1 atom stereocenters. The summed E-state index contributed by atoms with van der Waals surface area (Å²) in [6, 6.07) is 3.81. The van der Waals surface area contributed by atoms with Crippen LogP contribution in [0.1, 0.15) is 6.92 Å². The predicted octanol–water partition coefficient (Wildman–Crippen LogP) is -2.45. The first kappa shape index (κ1) is 16.7. The Bertz CT molecular complexity index is 476. The second kappa shape index (κ2) is 6.58. The third-order valence-corrected chi connectivity index (χ3v) is 2.72. The van der Waals surface area contributed by atoms with Gasteiger partial charge in [-0.2, -0.15) is 0 Å². The molecule has 1 unspecified atom stereocenters. The zero-order valence-electron chi connectivity index (χ0n) is 9.84. The molecule has 0 amide bonds. The zero-order valence-corrected chi connectivity index (χ0v) is 12.7. The van der Waals surface area contributed by atoms with Gasteiger partial charge in [0.25, 0.3) is 0 Å². The molecule has 0 aliphatic carbocycles. The number of ether oxygens (including phenoxy) is 2. The molecule has 0 spiro atoms. The molecule has 0 aliphatic rings. The van der Waals surface area contributed by atoms with E-state index in [1.165, 1.54) is 19.2 Å². The van der Waals surface area contributed by atoms with Crippen molar-refractivity contribution >= 4 is 15.8 Å². The maximum absolute atomic E-state index is 10.9. The maximum atomic E-state index is 10.9.